The fourth-order valence-electron chi connectivity index (χ4n) is 10.4. The first-order valence-corrected chi connectivity index (χ1v) is 33.1. The lowest BCUT2D eigenvalue weighted by Gasteiger charge is -2.23. The Bertz CT molecular complexity index is 1510. The third kappa shape index (κ3) is 44.2. The summed E-state index contributed by atoms with van der Waals surface area (Å²) in [5.74, 6) is 0.478. The molecule has 0 aliphatic rings. The molecule has 9 nitrogen and oxygen atoms in total. The highest BCUT2D eigenvalue weighted by Crippen LogP contribution is 2.21. The predicted octanol–water partition coefficient (Wildman–Crippen LogP) is 19.3. The van der Waals surface area contributed by atoms with Crippen molar-refractivity contribution in [3.8, 4) is 0 Å². The Balaban J connectivity index is 0.00000378. The summed E-state index contributed by atoms with van der Waals surface area (Å²) in [7, 11) is 1.67. The van der Waals surface area contributed by atoms with E-state index in [1.165, 1.54) is 185 Å². The lowest BCUT2D eigenvalue weighted by atomic mass is 9.96. The predicted molar refractivity (Wildman–Crippen MR) is 331 cm³/mol. The van der Waals surface area contributed by atoms with Gasteiger partial charge in [0.25, 0.3) is 10.9 Å². The van der Waals surface area contributed by atoms with Crippen LogP contribution in [0, 0.1) is 5.92 Å². The van der Waals surface area contributed by atoms with E-state index >= 15 is 0 Å². The van der Waals surface area contributed by atoms with Crippen molar-refractivity contribution in [3.05, 3.63) is 32.6 Å². The topological polar surface area (TPSA) is 114 Å². The molecule has 0 aliphatic carbocycles. The maximum Gasteiger partial charge on any atom is 0.306 e. The molecular weight excluding hydrogens is 943 g/mol. The molecule has 0 bridgehead atoms. The van der Waals surface area contributed by atoms with Crippen LogP contribution in [0.25, 0.3) is 0 Å². The molecule has 0 saturated heterocycles. The highest BCUT2D eigenvalue weighted by molar-refractivity contribution is 5.73. The van der Waals surface area contributed by atoms with E-state index < -0.39 is 10.9 Å². The quantitative estimate of drug-likeness (QED) is 0.0285. The zero-order valence-electron chi connectivity index (χ0n) is 51.6. The van der Waals surface area contributed by atoms with Gasteiger partial charge in [-0.1, -0.05) is 233 Å². The Kier molecular flexibility index (Phi) is 53.7. The van der Waals surface area contributed by atoms with Crippen LogP contribution in [0.1, 0.15) is 330 Å². The Morgan fingerprint density at radius 1 is 0.434 bits per heavy atom. The molecule has 0 fully saturated rings. The largest absolute Gasteiger partial charge is 0.465 e. The molecule has 1 aromatic rings. The zero-order chi connectivity index (χ0) is 56.0. The van der Waals surface area contributed by atoms with Crippen LogP contribution < -0.4 is 21.5 Å². The van der Waals surface area contributed by atoms with Crippen LogP contribution in [0.5, 0.6) is 0 Å². The fraction of sp³-hybridized carbons (Fsp3) is 0.881. The van der Waals surface area contributed by atoms with E-state index in [4.69, 9.17) is 9.47 Å². The van der Waals surface area contributed by atoms with Crippen molar-refractivity contribution >= 4 is 23.3 Å². The molecule has 9 heteroatoms. The molecule has 0 heterocycles. The van der Waals surface area contributed by atoms with Gasteiger partial charge in [0.15, 0.2) is 0 Å². The Morgan fingerprint density at radius 3 is 1.32 bits per heavy atom. The summed E-state index contributed by atoms with van der Waals surface area (Å²) in [6.07, 6.45) is 53.2. The van der Waals surface area contributed by atoms with E-state index in [2.05, 4.69) is 63.7 Å². The van der Waals surface area contributed by atoms with Gasteiger partial charge in [0.2, 0.25) is 0 Å². The van der Waals surface area contributed by atoms with Gasteiger partial charge in [0, 0.05) is 26.4 Å². The van der Waals surface area contributed by atoms with Crippen molar-refractivity contribution in [2.24, 2.45) is 5.92 Å². The van der Waals surface area contributed by atoms with Gasteiger partial charge in [0.1, 0.15) is 17.5 Å². The molecule has 0 spiro atoms. The summed E-state index contributed by atoms with van der Waals surface area (Å²) in [5.41, 5.74) is 1.42. The van der Waals surface area contributed by atoms with Gasteiger partial charge >= 0.3 is 11.9 Å². The molecule has 0 aromatic heterocycles. The van der Waals surface area contributed by atoms with Crippen molar-refractivity contribution in [1.29, 1.82) is 0 Å². The Hall–Kier alpha value is -2.68. The number of ether oxygens (including phenoxy) is 2. The number of anilines is 2. The number of unbranched alkanes of at least 4 members (excludes halogenated alkanes) is 28. The second-order valence-corrected chi connectivity index (χ2v) is 23.0. The molecule has 0 radical (unpaired) electrons. The molecule has 0 amide bonds. The van der Waals surface area contributed by atoms with Crippen molar-refractivity contribution < 1.29 is 19.1 Å². The van der Waals surface area contributed by atoms with Gasteiger partial charge in [0.05, 0.1) is 6.61 Å². The van der Waals surface area contributed by atoms with E-state index in [9.17, 15) is 19.2 Å². The second-order valence-electron chi connectivity index (χ2n) is 23.0. The number of hydrogen-bond acceptors (Lipinski definition) is 9. The van der Waals surface area contributed by atoms with Gasteiger partial charge in [-0.3, -0.25) is 19.2 Å². The van der Waals surface area contributed by atoms with Gasteiger partial charge in [-0.15, -0.1) is 0 Å². The van der Waals surface area contributed by atoms with E-state index in [0.29, 0.717) is 43.3 Å². The average Bonchev–Trinajstić information content (AvgIpc) is 3.42. The smallest absolute Gasteiger partial charge is 0.306 e. The molecule has 1 unspecified atom stereocenters. The number of rotatable bonds is 57. The van der Waals surface area contributed by atoms with E-state index in [-0.39, 0.29) is 18.0 Å². The monoisotopic (exact) mass is 1070 g/mol. The Morgan fingerprint density at radius 2 is 0.816 bits per heavy atom. The second kappa shape index (κ2) is 55.6. The molecule has 0 saturated carbocycles. The van der Waals surface area contributed by atoms with E-state index in [1.807, 2.05) is 0 Å². The van der Waals surface area contributed by atoms with Gasteiger partial charge < -0.3 is 25.0 Å². The third-order valence-electron chi connectivity index (χ3n) is 15.6. The van der Waals surface area contributed by atoms with Crippen LogP contribution in [-0.4, -0.2) is 62.8 Å². The van der Waals surface area contributed by atoms with Gasteiger partial charge in [-0.25, -0.2) is 0 Å². The van der Waals surface area contributed by atoms with Crippen LogP contribution in [0.4, 0.5) is 11.4 Å². The maximum atomic E-state index is 12.9. The standard InChI is InChI=1S/C54H101N3O6.C13H26/c1-6-10-14-17-22-29-38-48(39-30-23-18-15-11-7-2)63-50(59)41-32-25-20-27-34-44-57(45-35-42-56-52-51(55-5)53(60)54(52)61)43-33-26-19-24-31-40-49(58)62-46-47(36-13-9-4)37-28-21-16-12-8-3;1-4-6-8-9-10-12-13(3)11-7-5-2/h47-48,55-56H,6-46H2,1-5H3;3-12H2,1-2H3. The summed E-state index contributed by atoms with van der Waals surface area (Å²) >= 11 is 0. The minimum absolute atomic E-state index is 0.00278. The molecule has 1 aromatic carbocycles. The SMILES string of the molecule is C=C(CCCC)CCCCCCC.CCCCCCCCC(CCCCCCCC)OC(=O)CCCCCCCN(CCCCCCCC(=O)OCC(CCCC)CCCCCCC)CCCNc1c(NC)c(=O)c1=O. The Labute approximate surface area is 470 Å². The summed E-state index contributed by atoms with van der Waals surface area (Å²) in [4.78, 5) is 51.8. The fourth-order valence-corrected chi connectivity index (χ4v) is 10.4. The van der Waals surface area contributed by atoms with Crippen LogP contribution >= 0.6 is 0 Å². The highest BCUT2D eigenvalue weighted by atomic mass is 16.5. The first kappa shape index (κ1) is 73.3. The highest BCUT2D eigenvalue weighted by Gasteiger charge is 2.19. The summed E-state index contributed by atoms with van der Waals surface area (Å²) in [6, 6.07) is 0. The normalized spacial score (nSPS) is 11.8. The van der Waals surface area contributed by atoms with Crippen LogP contribution in [0.15, 0.2) is 21.7 Å². The number of allylic oxidation sites excluding steroid dienone is 1. The number of nitrogens with zero attached hydrogens (tertiary/aromatic N) is 1. The van der Waals surface area contributed by atoms with Crippen molar-refractivity contribution in [3.63, 3.8) is 0 Å². The lowest BCUT2D eigenvalue weighted by molar-refractivity contribution is -0.150. The van der Waals surface area contributed by atoms with E-state index in [1.54, 1.807) is 7.05 Å². The minimum Gasteiger partial charge on any atom is -0.465 e. The molecule has 1 atom stereocenters. The summed E-state index contributed by atoms with van der Waals surface area (Å²) in [5, 5.41) is 6.03. The number of carbonyl (C=O) groups is 2. The number of nitrogens with one attached hydrogen (secondary N) is 2. The van der Waals surface area contributed by atoms with Crippen molar-refractivity contribution in [2.45, 2.75) is 337 Å². The molecular formula is C67H127N3O6. The van der Waals surface area contributed by atoms with Crippen LogP contribution in [0.2, 0.25) is 0 Å². The van der Waals surface area contributed by atoms with E-state index in [0.717, 1.165) is 116 Å². The van der Waals surface area contributed by atoms with Crippen molar-refractivity contribution in [2.75, 3.05) is 50.5 Å². The van der Waals surface area contributed by atoms with Crippen LogP contribution in [0.3, 0.4) is 0 Å². The molecule has 1 rings (SSSR count). The first-order chi connectivity index (χ1) is 37.1. The molecule has 0 aliphatic heterocycles. The first-order valence-electron chi connectivity index (χ1n) is 33.1. The number of hydrogen-bond donors (Lipinski definition) is 2. The number of carbonyl (C=O) groups excluding carboxylic acids is 2. The maximum absolute atomic E-state index is 12.9. The zero-order valence-corrected chi connectivity index (χ0v) is 51.6. The van der Waals surface area contributed by atoms with Gasteiger partial charge in [-0.2, -0.15) is 0 Å². The molecule has 2 N–H and O–H groups in total. The third-order valence-corrected chi connectivity index (χ3v) is 15.6. The lowest BCUT2D eigenvalue weighted by Crippen LogP contribution is -2.37. The number of esters is 2. The minimum atomic E-state index is -0.439. The molecule has 76 heavy (non-hydrogen) atoms. The summed E-state index contributed by atoms with van der Waals surface area (Å²) in [6.45, 7) is 21.9. The average molecular weight is 1070 g/mol. The summed E-state index contributed by atoms with van der Waals surface area (Å²) < 4.78 is 11.8. The van der Waals surface area contributed by atoms with Crippen LogP contribution in [-0.2, 0) is 19.1 Å². The molecule has 446 valence electrons. The van der Waals surface area contributed by atoms with Crippen molar-refractivity contribution in [1.82, 2.24) is 4.90 Å². The van der Waals surface area contributed by atoms with Gasteiger partial charge in [-0.05, 0) is 122 Å².